The Balaban J connectivity index is 3.06. The van der Waals surface area contributed by atoms with Crippen molar-refractivity contribution in [1.29, 1.82) is 0 Å². The Morgan fingerprint density at radius 2 is 1.93 bits per heavy atom. The summed E-state index contributed by atoms with van der Waals surface area (Å²) in [5.74, 6) is -1.74. The summed E-state index contributed by atoms with van der Waals surface area (Å²) < 4.78 is 0. The molecule has 1 aliphatic heterocycles. The van der Waals surface area contributed by atoms with Crippen LogP contribution in [-0.4, -0.2) is 74.4 Å². The molecule has 9 heteroatoms. The Hall–Kier alpha value is -2.42. The van der Waals surface area contributed by atoms with Gasteiger partial charge in [0.05, 0.1) is 7.11 Å². The van der Waals surface area contributed by atoms with Crippen LogP contribution in [0.4, 0.5) is 0 Å². The zero-order chi connectivity index (χ0) is 21.8. The Labute approximate surface area is 172 Å². The third kappa shape index (κ3) is 8.64. The van der Waals surface area contributed by atoms with Gasteiger partial charge in [-0.1, -0.05) is 18.6 Å². The van der Waals surface area contributed by atoms with Gasteiger partial charge in [0.25, 0.3) is 0 Å². The average molecular weight is 411 g/mol. The van der Waals surface area contributed by atoms with Gasteiger partial charge in [0.1, 0.15) is 12.6 Å². The van der Waals surface area contributed by atoms with Gasteiger partial charge in [0.2, 0.25) is 23.6 Å². The molecule has 2 unspecified atom stereocenters. The smallest absolute Gasteiger partial charge is 0.246 e. The molecular formula is C20H34N4O5. The van der Waals surface area contributed by atoms with E-state index in [0.717, 1.165) is 24.3 Å². The van der Waals surface area contributed by atoms with Crippen molar-refractivity contribution in [3.05, 3.63) is 12.2 Å². The van der Waals surface area contributed by atoms with Crippen molar-refractivity contribution >= 4 is 23.6 Å². The van der Waals surface area contributed by atoms with E-state index in [1.54, 1.807) is 14.1 Å². The molecule has 164 valence electrons. The van der Waals surface area contributed by atoms with Gasteiger partial charge in [-0.3, -0.25) is 24.0 Å². The summed E-state index contributed by atoms with van der Waals surface area (Å²) in [6.07, 6.45) is 8.32. The molecule has 1 aliphatic rings. The minimum absolute atomic E-state index is 0.104. The van der Waals surface area contributed by atoms with Crippen LogP contribution in [-0.2, 0) is 24.0 Å². The van der Waals surface area contributed by atoms with Gasteiger partial charge < -0.3 is 15.5 Å². The number of carbonyl (C=O) groups excluding carboxylic acids is 4. The Bertz CT molecular complexity index is 606. The van der Waals surface area contributed by atoms with E-state index in [1.165, 1.54) is 19.1 Å². The summed E-state index contributed by atoms with van der Waals surface area (Å²) >= 11 is 0. The molecule has 4 amide bonds. The summed E-state index contributed by atoms with van der Waals surface area (Å²) in [5.41, 5.74) is 0. The van der Waals surface area contributed by atoms with Crippen molar-refractivity contribution in [2.45, 2.75) is 51.0 Å². The molecule has 2 atom stereocenters. The van der Waals surface area contributed by atoms with Gasteiger partial charge in [0.15, 0.2) is 0 Å². The Morgan fingerprint density at radius 3 is 2.55 bits per heavy atom. The van der Waals surface area contributed by atoms with Crippen molar-refractivity contribution in [2.75, 3.05) is 34.8 Å². The lowest BCUT2D eigenvalue weighted by molar-refractivity contribution is -0.179. The number of carbonyl (C=O) groups is 4. The molecule has 0 saturated carbocycles. The zero-order valence-electron chi connectivity index (χ0n) is 17.9. The molecule has 1 rings (SSSR count). The maximum Gasteiger partial charge on any atom is 0.246 e. The summed E-state index contributed by atoms with van der Waals surface area (Å²) in [7, 11) is 6.14. The largest absolute Gasteiger partial charge is 0.357 e. The van der Waals surface area contributed by atoms with E-state index in [1.807, 2.05) is 12.2 Å². The van der Waals surface area contributed by atoms with Crippen molar-refractivity contribution in [3.8, 4) is 0 Å². The van der Waals surface area contributed by atoms with Gasteiger partial charge >= 0.3 is 0 Å². The van der Waals surface area contributed by atoms with Crippen LogP contribution in [0.25, 0.3) is 0 Å². The first kappa shape index (κ1) is 24.6. The Morgan fingerprint density at radius 1 is 1.21 bits per heavy atom. The van der Waals surface area contributed by atoms with Gasteiger partial charge in [0, 0.05) is 33.5 Å². The third-order valence-corrected chi connectivity index (χ3v) is 4.84. The first-order chi connectivity index (χ1) is 13.8. The molecule has 0 aromatic rings. The molecule has 0 fully saturated rings. The number of likely N-dealkylation sites (N-methyl/N-ethyl adjacent to an activating group) is 1. The van der Waals surface area contributed by atoms with E-state index in [0.29, 0.717) is 19.3 Å². The minimum Gasteiger partial charge on any atom is -0.357 e. The molecule has 2 N–H and O–H groups in total. The van der Waals surface area contributed by atoms with Crippen LogP contribution in [0.2, 0.25) is 0 Å². The molecule has 0 aromatic heterocycles. The number of hydrogen-bond acceptors (Lipinski definition) is 5. The second kappa shape index (κ2) is 12.9. The second-order valence-corrected chi connectivity index (χ2v) is 7.32. The standard InChI is InChI=1S/C20H34N4O5/c1-21-19(27)16-13-15(20(28)23(2)3)11-9-7-5-6-8-10-12-18(26)24(29-4)14-17(25)22-16/h7,9,15-16H,5-6,8,10-14H2,1-4H3,(H,21,27)(H,22,25). The number of rotatable bonds is 3. The maximum absolute atomic E-state index is 12.6. The molecule has 0 bridgehead atoms. The highest BCUT2D eigenvalue weighted by molar-refractivity contribution is 5.90. The van der Waals surface area contributed by atoms with Gasteiger partial charge in [-0.05, 0) is 32.1 Å². The monoisotopic (exact) mass is 410 g/mol. The van der Waals surface area contributed by atoms with Crippen LogP contribution in [0.1, 0.15) is 44.9 Å². The van der Waals surface area contributed by atoms with Gasteiger partial charge in [-0.2, -0.15) is 0 Å². The molecule has 0 saturated heterocycles. The predicted octanol–water partition coefficient (Wildman–Crippen LogP) is 0.612. The second-order valence-electron chi connectivity index (χ2n) is 7.32. The first-order valence-corrected chi connectivity index (χ1v) is 10.0. The summed E-state index contributed by atoms with van der Waals surface area (Å²) in [6, 6.07) is -0.892. The van der Waals surface area contributed by atoms with Crippen molar-refractivity contribution in [1.82, 2.24) is 20.6 Å². The van der Waals surface area contributed by atoms with Crippen LogP contribution in [0.15, 0.2) is 12.2 Å². The number of nitrogens with one attached hydrogen (secondary N) is 2. The number of hydrogen-bond donors (Lipinski definition) is 2. The highest BCUT2D eigenvalue weighted by Crippen LogP contribution is 2.17. The van der Waals surface area contributed by atoms with Crippen LogP contribution in [0.3, 0.4) is 0 Å². The lowest BCUT2D eigenvalue weighted by atomic mass is 9.94. The van der Waals surface area contributed by atoms with E-state index in [9.17, 15) is 19.2 Å². The highest BCUT2D eigenvalue weighted by atomic mass is 16.7. The summed E-state index contributed by atoms with van der Waals surface area (Å²) in [6.45, 7) is -0.310. The molecule has 0 spiro atoms. The predicted molar refractivity (Wildman–Crippen MR) is 108 cm³/mol. The first-order valence-electron chi connectivity index (χ1n) is 10.0. The van der Waals surface area contributed by atoms with Crippen molar-refractivity contribution in [3.63, 3.8) is 0 Å². The third-order valence-electron chi connectivity index (χ3n) is 4.84. The molecule has 9 nitrogen and oxygen atoms in total. The molecule has 1 heterocycles. The fraction of sp³-hybridized carbons (Fsp3) is 0.700. The Kier molecular flexibility index (Phi) is 11.0. The highest BCUT2D eigenvalue weighted by Gasteiger charge is 2.29. The van der Waals surface area contributed by atoms with E-state index >= 15 is 0 Å². The molecule has 0 aromatic carbocycles. The SMILES string of the molecule is CNC(=O)C1CC(C(=O)N(C)C)CC=CCCCCCC(=O)N(OC)CC(=O)N1. The van der Waals surface area contributed by atoms with E-state index in [-0.39, 0.29) is 24.8 Å². The minimum atomic E-state index is -0.892. The number of hydroxylamine groups is 2. The normalized spacial score (nSPS) is 22.7. The summed E-state index contributed by atoms with van der Waals surface area (Å²) in [4.78, 5) is 56.2. The average Bonchev–Trinajstić information content (AvgIpc) is 2.69. The van der Waals surface area contributed by atoms with Crippen LogP contribution in [0.5, 0.6) is 0 Å². The molecular weight excluding hydrogens is 376 g/mol. The van der Waals surface area contributed by atoms with Crippen molar-refractivity contribution < 1.29 is 24.0 Å². The van der Waals surface area contributed by atoms with E-state index in [4.69, 9.17) is 4.84 Å². The molecule has 29 heavy (non-hydrogen) atoms. The zero-order valence-corrected chi connectivity index (χ0v) is 17.9. The quantitative estimate of drug-likeness (QED) is 0.663. The van der Waals surface area contributed by atoms with E-state index in [2.05, 4.69) is 10.6 Å². The fourth-order valence-corrected chi connectivity index (χ4v) is 3.20. The topological polar surface area (TPSA) is 108 Å². The fourth-order valence-electron chi connectivity index (χ4n) is 3.20. The number of allylic oxidation sites excluding steroid dienone is 2. The lowest BCUT2D eigenvalue weighted by Crippen LogP contribution is -2.51. The van der Waals surface area contributed by atoms with Crippen LogP contribution in [0, 0.1) is 5.92 Å². The maximum atomic E-state index is 12.6. The molecule has 0 radical (unpaired) electrons. The van der Waals surface area contributed by atoms with Crippen LogP contribution >= 0.6 is 0 Å². The number of nitrogens with zero attached hydrogens (tertiary/aromatic N) is 2. The molecule has 0 aliphatic carbocycles. The number of amides is 4. The van der Waals surface area contributed by atoms with Crippen molar-refractivity contribution in [2.24, 2.45) is 5.92 Å². The van der Waals surface area contributed by atoms with Gasteiger partial charge in [-0.15, -0.1) is 0 Å². The lowest BCUT2D eigenvalue weighted by Gasteiger charge is -2.26. The van der Waals surface area contributed by atoms with E-state index < -0.39 is 23.8 Å². The van der Waals surface area contributed by atoms with Gasteiger partial charge in [-0.25, -0.2) is 5.06 Å². The summed E-state index contributed by atoms with van der Waals surface area (Å²) in [5, 5.41) is 6.17. The van der Waals surface area contributed by atoms with Crippen LogP contribution < -0.4 is 10.6 Å².